The Labute approximate surface area is 177 Å². The van der Waals surface area contributed by atoms with E-state index in [0.29, 0.717) is 5.69 Å². The maximum Gasteiger partial charge on any atom is 0.264 e. The molecule has 0 atom stereocenters. The zero-order valence-corrected chi connectivity index (χ0v) is 17.7. The third kappa shape index (κ3) is 5.18. The van der Waals surface area contributed by atoms with Crippen LogP contribution in [0.5, 0.6) is 5.75 Å². The molecule has 0 radical (unpaired) electrons. The molecule has 0 saturated carbocycles. The van der Waals surface area contributed by atoms with Crippen molar-refractivity contribution in [1.29, 1.82) is 0 Å². The van der Waals surface area contributed by atoms with E-state index in [1.54, 1.807) is 49.6 Å². The van der Waals surface area contributed by atoms with Crippen LogP contribution in [-0.2, 0) is 21.4 Å². The number of benzene rings is 3. The molecule has 0 spiro atoms. The van der Waals surface area contributed by atoms with Crippen molar-refractivity contribution in [1.82, 2.24) is 5.32 Å². The molecule has 0 aromatic heterocycles. The zero-order valence-electron chi connectivity index (χ0n) is 16.9. The van der Waals surface area contributed by atoms with E-state index in [-0.39, 0.29) is 18.0 Å². The lowest BCUT2D eigenvalue weighted by atomic mass is 10.2. The van der Waals surface area contributed by atoms with Gasteiger partial charge in [-0.15, -0.1) is 0 Å². The number of nitrogens with one attached hydrogen (secondary N) is 1. The summed E-state index contributed by atoms with van der Waals surface area (Å²) in [6, 6.07) is 22.4. The molecule has 30 heavy (non-hydrogen) atoms. The molecule has 0 aliphatic rings. The highest BCUT2D eigenvalue weighted by atomic mass is 32.2. The van der Waals surface area contributed by atoms with Crippen molar-refractivity contribution in [2.45, 2.75) is 18.4 Å². The normalized spacial score (nSPS) is 11.0. The van der Waals surface area contributed by atoms with Gasteiger partial charge in [0.25, 0.3) is 10.0 Å². The lowest BCUT2D eigenvalue weighted by Crippen LogP contribution is -2.40. The highest BCUT2D eigenvalue weighted by molar-refractivity contribution is 7.92. The van der Waals surface area contributed by atoms with Crippen LogP contribution in [0.25, 0.3) is 0 Å². The number of sulfonamides is 1. The summed E-state index contributed by atoms with van der Waals surface area (Å²) in [6.07, 6.45) is 0. The summed E-state index contributed by atoms with van der Waals surface area (Å²) in [5, 5.41) is 2.79. The molecule has 1 amide bonds. The minimum absolute atomic E-state index is 0.133. The molecule has 0 aliphatic heterocycles. The van der Waals surface area contributed by atoms with E-state index in [2.05, 4.69) is 5.32 Å². The Kier molecular flexibility index (Phi) is 6.74. The highest BCUT2D eigenvalue weighted by Crippen LogP contribution is 2.24. The fourth-order valence-electron chi connectivity index (χ4n) is 2.88. The fourth-order valence-corrected chi connectivity index (χ4v) is 4.32. The second-order valence-corrected chi connectivity index (χ2v) is 8.65. The Morgan fingerprint density at radius 2 is 1.57 bits per heavy atom. The number of rotatable bonds is 8. The Morgan fingerprint density at radius 1 is 0.933 bits per heavy atom. The minimum atomic E-state index is -3.90. The number of hydrogen-bond acceptors (Lipinski definition) is 4. The predicted octanol–water partition coefficient (Wildman–Crippen LogP) is 3.52. The molecule has 6 nitrogen and oxygen atoms in total. The molecular formula is C23H24N2O4S. The SMILES string of the molecule is COc1ccc(CNC(=O)CN(c2ccc(C)cc2)S(=O)(=O)c2ccccc2)cc1. The molecular weight excluding hydrogens is 400 g/mol. The van der Waals surface area contributed by atoms with Crippen LogP contribution in [0, 0.1) is 6.92 Å². The number of ether oxygens (including phenoxy) is 1. The minimum Gasteiger partial charge on any atom is -0.497 e. The van der Waals surface area contributed by atoms with Gasteiger partial charge in [-0.05, 0) is 48.9 Å². The van der Waals surface area contributed by atoms with Crippen molar-refractivity contribution in [3.63, 3.8) is 0 Å². The van der Waals surface area contributed by atoms with Crippen molar-refractivity contribution in [2.24, 2.45) is 0 Å². The van der Waals surface area contributed by atoms with Crippen LogP contribution in [-0.4, -0.2) is 28.0 Å². The fraction of sp³-hybridized carbons (Fsp3) is 0.174. The van der Waals surface area contributed by atoms with Crippen LogP contribution in [0.3, 0.4) is 0 Å². The van der Waals surface area contributed by atoms with Gasteiger partial charge in [-0.25, -0.2) is 8.42 Å². The van der Waals surface area contributed by atoms with Gasteiger partial charge >= 0.3 is 0 Å². The van der Waals surface area contributed by atoms with Crippen molar-refractivity contribution in [3.8, 4) is 5.75 Å². The largest absolute Gasteiger partial charge is 0.497 e. The van der Waals surface area contributed by atoms with Gasteiger partial charge in [0.2, 0.25) is 5.91 Å². The average Bonchev–Trinajstić information content (AvgIpc) is 2.77. The quantitative estimate of drug-likeness (QED) is 0.600. The molecule has 3 rings (SSSR count). The Bertz CT molecular complexity index is 1080. The van der Waals surface area contributed by atoms with Gasteiger partial charge in [-0.2, -0.15) is 0 Å². The Morgan fingerprint density at radius 3 is 2.17 bits per heavy atom. The Hall–Kier alpha value is -3.32. The van der Waals surface area contributed by atoms with Crippen LogP contribution in [0.1, 0.15) is 11.1 Å². The van der Waals surface area contributed by atoms with Crippen molar-refractivity contribution >= 4 is 21.6 Å². The summed E-state index contributed by atoms with van der Waals surface area (Å²) in [5.41, 5.74) is 2.32. The highest BCUT2D eigenvalue weighted by Gasteiger charge is 2.26. The van der Waals surface area contributed by atoms with Crippen LogP contribution < -0.4 is 14.4 Å². The second-order valence-electron chi connectivity index (χ2n) is 6.79. The number of hydrogen-bond donors (Lipinski definition) is 1. The summed E-state index contributed by atoms with van der Waals surface area (Å²) in [6.45, 7) is 1.88. The number of carbonyl (C=O) groups is 1. The first-order valence-electron chi connectivity index (χ1n) is 9.44. The van der Waals surface area contributed by atoms with Gasteiger partial charge in [-0.3, -0.25) is 9.10 Å². The van der Waals surface area contributed by atoms with Gasteiger partial charge in [0.15, 0.2) is 0 Å². The van der Waals surface area contributed by atoms with Crippen LogP contribution >= 0.6 is 0 Å². The average molecular weight is 425 g/mol. The first kappa shape index (κ1) is 21.4. The second kappa shape index (κ2) is 9.45. The third-order valence-electron chi connectivity index (χ3n) is 4.59. The molecule has 0 aliphatic carbocycles. The van der Waals surface area contributed by atoms with E-state index in [0.717, 1.165) is 21.2 Å². The van der Waals surface area contributed by atoms with Gasteiger partial charge < -0.3 is 10.1 Å². The van der Waals surface area contributed by atoms with Crippen LogP contribution in [0.4, 0.5) is 5.69 Å². The monoisotopic (exact) mass is 424 g/mol. The smallest absolute Gasteiger partial charge is 0.264 e. The molecule has 156 valence electrons. The van der Waals surface area contributed by atoms with Gasteiger partial charge in [0, 0.05) is 6.54 Å². The first-order valence-corrected chi connectivity index (χ1v) is 10.9. The summed E-state index contributed by atoms with van der Waals surface area (Å²) in [7, 11) is -2.31. The summed E-state index contributed by atoms with van der Waals surface area (Å²) < 4.78 is 32.7. The maximum absolute atomic E-state index is 13.2. The molecule has 0 bridgehead atoms. The number of aryl methyl sites for hydroxylation is 1. The number of carbonyl (C=O) groups excluding carboxylic acids is 1. The van der Waals surface area contributed by atoms with Crippen molar-refractivity contribution in [2.75, 3.05) is 18.0 Å². The molecule has 0 saturated heterocycles. The maximum atomic E-state index is 13.2. The van der Waals surface area contributed by atoms with Crippen molar-refractivity contribution in [3.05, 3.63) is 90.0 Å². The number of nitrogens with zero attached hydrogens (tertiary/aromatic N) is 1. The summed E-state index contributed by atoms with van der Waals surface area (Å²) >= 11 is 0. The van der Waals surface area contributed by atoms with Crippen LogP contribution in [0.2, 0.25) is 0 Å². The summed E-state index contributed by atoms with van der Waals surface area (Å²) in [5.74, 6) is 0.329. The van der Waals surface area contributed by atoms with Crippen LogP contribution in [0.15, 0.2) is 83.8 Å². The van der Waals surface area contributed by atoms with E-state index in [4.69, 9.17) is 4.74 Å². The van der Waals surface area contributed by atoms with E-state index in [1.807, 2.05) is 31.2 Å². The van der Waals surface area contributed by atoms with Crippen molar-refractivity contribution < 1.29 is 17.9 Å². The molecule has 7 heteroatoms. The summed E-state index contributed by atoms with van der Waals surface area (Å²) in [4.78, 5) is 12.8. The van der Waals surface area contributed by atoms with Gasteiger partial charge in [-0.1, -0.05) is 48.0 Å². The van der Waals surface area contributed by atoms with Gasteiger partial charge in [0.1, 0.15) is 12.3 Å². The van der Waals surface area contributed by atoms with E-state index >= 15 is 0 Å². The van der Waals surface area contributed by atoms with E-state index < -0.39 is 15.9 Å². The lowest BCUT2D eigenvalue weighted by Gasteiger charge is -2.24. The van der Waals surface area contributed by atoms with Gasteiger partial charge in [0.05, 0.1) is 17.7 Å². The molecule has 3 aromatic carbocycles. The Balaban J connectivity index is 1.79. The topological polar surface area (TPSA) is 75.7 Å². The number of anilines is 1. The number of methoxy groups -OCH3 is 1. The molecule has 0 unspecified atom stereocenters. The van der Waals surface area contributed by atoms with E-state index in [9.17, 15) is 13.2 Å². The standard InChI is InChI=1S/C23H24N2O4S/c1-18-8-12-20(13-9-18)25(30(27,28)22-6-4-3-5-7-22)17-23(26)24-16-19-10-14-21(29-2)15-11-19/h3-15H,16-17H2,1-2H3,(H,24,26). The molecule has 0 fully saturated rings. The zero-order chi connectivity index (χ0) is 21.6. The number of amides is 1. The third-order valence-corrected chi connectivity index (χ3v) is 6.38. The van der Waals surface area contributed by atoms with E-state index in [1.165, 1.54) is 12.1 Å². The molecule has 0 heterocycles. The molecule has 3 aromatic rings. The first-order chi connectivity index (χ1) is 14.4. The lowest BCUT2D eigenvalue weighted by molar-refractivity contribution is -0.119. The predicted molar refractivity (Wildman–Crippen MR) is 117 cm³/mol. The molecule has 1 N–H and O–H groups in total.